The van der Waals surface area contributed by atoms with Crippen LogP contribution in [0.1, 0.15) is 31.7 Å². The van der Waals surface area contributed by atoms with Crippen LogP contribution in [0.3, 0.4) is 0 Å². The maximum atomic E-state index is 12.4. The van der Waals surface area contributed by atoms with Gasteiger partial charge in [0.25, 0.3) is 0 Å². The lowest BCUT2D eigenvalue weighted by Gasteiger charge is -2.24. The number of alkyl halides is 1. The van der Waals surface area contributed by atoms with Gasteiger partial charge in [-0.05, 0) is 35.6 Å². The molecule has 2 atom stereocenters. The molecule has 2 aromatic rings. The van der Waals surface area contributed by atoms with Gasteiger partial charge >= 0.3 is 11.9 Å². The number of nitrogens with zero attached hydrogens (tertiary/aromatic N) is 1. The summed E-state index contributed by atoms with van der Waals surface area (Å²) in [6.07, 6.45) is 5.54. The van der Waals surface area contributed by atoms with Crippen molar-refractivity contribution >= 4 is 51.5 Å². The third kappa shape index (κ3) is 4.41. The number of benzene rings is 1. The van der Waals surface area contributed by atoms with Gasteiger partial charge in [-0.15, -0.1) is 0 Å². The number of hydrogen-bond acceptors (Lipinski definition) is 5. The smallest absolute Gasteiger partial charge is 0.334 e. The van der Waals surface area contributed by atoms with Crippen LogP contribution < -0.4 is 0 Å². The molecule has 0 spiro atoms. The number of esters is 2. The SMILES string of the molecule is CCCC(I)C(=O)OCC1(CO)C/C(=C\c2ccc3ccn(C)c3c2)C(=O)O1. The summed E-state index contributed by atoms with van der Waals surface area (Å²) >= 11 is 2.04. The molecule has 1 aliphatic heterocycles. The van der Waals surface area contributed by atoms with Crippen LogP contribution in [0, 0.1) is 0 Å². The molecule has 1 aliphatic rings. The fraction of sp³-hybridized carbons (Fsp3) is 0.429. The summed E-state index contributed by atoms with van der Waals surface area (Å²) in [5.74, 6) is -0.838. The van der Waals surface area contributed by atoms with Crippen molar-refractivity contribution in [3.05, 3.63) is 41.6 Å². The second-order valence-corrected chi connectivity index (χ2v) is 8.69. The summed E-state index contributed by atoms with van der Waals surface area (Å²) in [5, 5.41) is 10.9. The number of aliphatic hydroxyl groups is 1. The molecule has 0 amide bonds. The zero-order chi connectivity index (χ0) is 20.3. The number of aliphatic hydroxyl groups excluding tert-OH is 1. The van der Waals surface area contributed by atoms with Crippen LogP contribution in [-0.4, -0.2) is 44.4 Å². The van der Waals surface area contributed by atoms with E-state index in [1.165, 1.54) is 0 Å². The first-order valence-electron chi connectivity index (χ1n) is 9.28. The Hall–Kier alpha value is -1.87. The van der Waals surface area contributed by atoms with Gasteiger partial charge in [-0.25, -0.2) is 4.79 Å². The highest BCUT2D eigenvalue weighted by Gasteiger charge is 2.44. The van der Waals surface area contributed by atoms with Gasteiger partial charge < -0.3 is 19.1 Å². The van der Waals surface area contributed by atoms with Crippen molar-refractivity contribution in [3.8, 4) is 0 Å². The van der Waals surface area contributed by atoms with Crippen LogP contribution in [0.5, 0.6) is 0 Å². The van der Waals surface area contributed by atoms with Crippen molar-refractivity contribution in [3.63, 3.8) is 0 Å². The number of aryl methyl sites for hydroxylation is 1. The van der Waals surface area contributed by atoms with Gasteiger partial charge in [-0.2, -0.15) is 0 Å². The summed E-state index contributed by atoms with van der Waals surface area (Å²) in [5.41, 5.74) is 1.18. The predicted octanol–water partition coefficient (Wildman–Crippen LogP) is 3.39. The number of carbonyl (C=O) groups excluding carboxylic acids is 2. The molecule has 6 nitrogen and oxygen atoms in total. The van der Waals surface area contributed by atoms with Gasteiger partial charge in [0.2, 0.25) is 0 Å². The fourth-order valence-electron chi connectivity index (χ4n) is 3.28. The van der Waals surface area contributed by atoms with Gasteiger partial charge in [-0.1, -0.05) is 48.1 Å². The second-order valence-electron chi connectivity index (χ2n) is 7.19. The van der Waals surface area contributed by atoms with Crippen molar-refractivity contribution in [1.82, 2.24) is 4.57 Å². The van der Waals surface area contributed by atoms with Gasteiger partial charge in [0.1, 0.15) is 10.5 Å². The van der Waals surface area contributed by atoms with Crippen molar-refractivity contribution in [2.24, 2.45) is 7.05 Å². The minimum absolute atomic E-state index is 0.147. The van der Waals surface area contributed by atoms with Crippen molar-refractivity contribution < 1.29 is 24.2 Å². The van der Waals surface area contributed by atoms with Crippen molar-refractivity contribution in [2.45, 2.75) is 35.7 Å². The lowest BCUT2D eigenvalue weighted by molar-refractivity contribution is -0.165. The fourth-order valence-corrected chi connectivity index (χ4v) is 4.08. The minimum atomic E-state index is -1.21. The van der Waals surface area contributed by atoms with Gasteiger partial charge in [0, 0.05) is 30.8 Å². The molecule has 0 aliphatic carbocycles. The Labute approximate surface area is 177 Å². The molecular weight excluding hydrogens is 473 g/mol. The summed E-state index contributed by atoms with van der Waals surface area (Å²) in [7, 11) is 1.97. The molecule has 1 aromatic heterocycles. The Morgan fingerprint density at radius 3 is 2.96 bits per heavy atom. The summed E-state index contributed by atoms with van der Waals surface area (Å²) in [6, 6.07) is 7.96. The Morgan fingerprint density at radius 2 is 2.25 bits per heavy atom. The zero-order valence-electron chi connectivity index (χ0n) is 16.0. The molecule has 0 bridgehead atoms. The first kappa shape index (κ1) is 20.9. The Bertz CT molecular complexity index is 919. The van der Waals surface area contributed by atoms with Gasteiger partial charge in [-0.3, -0.25) is 4.79 Å². The Balaban J connectivity index is 1.75. The lowest BCUT2D eigenvalue weighted by Crippen LogP contribution is -2.40. The first-order chi connectivity index (χ1) is 13.4. The molecule has 0 saturated carbocycles. The quantitative estimate of drug-likeness (QED) is 0.275. The molecule has 1 aromatic carbocycles. The van der Waals surface area contributed by atoms with E-state index in [1.54, 1.807) is 6.08 Å². The molecule has 1 saturated heterocycles. The van der Waals surface area contributed by atoms with E-state index >= 15 is 0 Å². The number of hydrogen-bond donors (Lipinski definition) is 1. The van der Waals surface area contributed by atoms with Gasteiger partial charge in [0.15, 0.2) is 5.60 Å². The van der Waals surface area contributed by atoms with Crippen LogP contribution in [0.2, 0.25) is 0 Å². The summed E-state index contributed by atoms with van der Waals surface area (Å²) < 4.78 is 12.5. The lowest BCUT2D eigenvalue weighted by atomic mass is 9.98. The average Bonchev–Trinajstić information content (AvgIpc) is 3.20. The van der Waals surface area contributed by atoms with Crippen molar-refractivity contribution in [1.29, 1.82) is 0 Å². The third-order valence-electron chi connectivity index (χ3n) is 4.90. The standard InChI is InChI=1S/C21H24INO5/c1-3-4-17(22)20(26)27-13-21(12-24)11-16(19(25)28-21)9-14-5-6-15-7-8-23(2)18(15)10-14/h5-10,17,24H,3-4,11-13H2,1-2H3/b16-9+. The largest absolute Gasteiger partial charge is 0.461 e. The van der Waals surface area contributed by atoms with Crippen LogP contribution in [0.25, 0.3) is 17.0 Å². The molecule has 2 heterocycles. The zero-order valence-corrected chi connectivity index (χ0v) is 18.1. The summed E-state index contributed by atoms with van der Waals surface area (Å²) in [6.45, 7) is 1.45. The van der Waals surface area contributed by atoms with Crippen LogP contribution in [-0.2, 0) is 26.1 Å². The van der Waals surface area contributed by atoms with Crippen molar-refractivity contribution in [2.75, 3.05) is 13.2 Å². The van der Waals surface area contributed by atoms with Crippen LogP contribution in [0.4, 0.5) is 0 Å². The monoisotopic (exact) mass is 497 g/mol. The molecule has 2 unspecified atom stereocenters. The van der Waals surface area contributed by atoms with Gasteiger partial charge in [0.05, 0.1) is 6.61 Å². The summed E-state index contributed by atoms with van der Waals surface area (Å²) in [4.78, 5) is 24.4. The molecule has 1 N–H and O–H groups in total. The number of carbonyl (C=O) groups is 2. The molecular formula is C21H24INO5. The number of cyclic esters (lactones) is 1. The molecule has 1 fully saturated rings. The predicted molar refractivity (Wildman–Crippen MR) is 115 cm³/mol. The number of aromatic nitrogens is 1. The highest BCUT2D eigenvalue weighted by Crippen LogP contribution is 2.33. The number of halogens is 1. The Kier molecular flexibility index (Phi) is 6.44. The maximum absolute atomic E-state index is 12.4. The van der Waals surface area contributed by atoms with E-state index in [9.17, 15) is 14.7 Å². The Morgan fingerprint density at radius 1 is 1.46 bits per heavy atom. The molecule has 0 radical (unpaired) electrons. The number of fused-ring (bicyclic) bond motifs is 1. The minimum Gasteiger partial charge on any atom is -0.461 e. The molecule has 28 heavy (non-hydrogen) atoms. The van der Waals surface area contributed by atoms with E-state index in [4.69, 9.17) is 9.47 Å². The highest BCUT2D eigenvalue weighted by atomic mass is 127. The normalized spacial score (nSPS) is 21.9. The molecule has 7 heteroatoms. The molecule has 3 rings (SSSR count). The second kappa shape index (κ2) is 8.65. The average molecular weight is 497 g/mol. The van der Waals surface area contributed by atoms with E-state index in [2.05, 4.69) is 0 Å². The van der Waals surface area contributed by atoms with Crippen LogP contribution in [0.15, 0.2) is 36.0 Å². The van der Waals surface area contributed by atoms with E-state index in [1.807, 2.05) is 71.6 Å². The molecule has 150 valence electrons. The van der Waals surface area contributed by atoms with E-state index in [-0.39, 0.29) is 22.9 Å². The topological polar surface area (TPSA) is 77.8 Å². The number of rotatable bonds is 7. The van der Waals surface area contributed by atoms with E-state index in [0.717, 1.165) is 29.3 Å². The third-order valence-corrected chi connectivity index (χ3v) is 6.03. The first-order valence-corrected chi connectivity index (χ1v) is 10.5. The maximum Gasteiger partial charge on any atom is 0.334 e. The number of ether oxygens (including phenoxy) is 2. The van der Waals surface area contributed by atoms with E-state index in [0.29, 0.717) is 5.57 Å². The highest BCUT2D eigenvalue weighted by molar-refractivity contribution is 14.1. The van der Waals surface area contributed by atoms with E-state index < -0.39 is 18.2 Å². The van der Waals surface area contributed by atoms with Crippen LogP contribution >= 0.6 is 22.6 Å².